The first-order chi connectivity index (χ1) is 11.4. The van der Waals surface area contributed by atoms with E-state index in [1.165, 1.54) is 0 Å². The molecule has 1 aliphatic rings. The molecule has 3 rings (SSSR count). The average molecular weight is 345 g/mol. The Kier molecular flexibility index (Phi) is 4.57. The van der Waals surface area contributed by atoms with Crippen LogP contribution >= 0.6 is 0 Å². The number of hydrogen-bond acceptors (Lipinski definition) is 4. The molecule has 0 heterocycles. The lowest BCUT2D eigenvalue weighted by Gasteiger charge is -2.07. The smallest absolute Gasteiger partial charge is 0.237 e. The first kappa shape index (κ1) is 16.5. The molecule has 0 saturated heterocycles. The van der Waals surface area contributed by atoms with E-state index in [4.69, 9.17) is 4.74 Å². The van der Waals surface area contributed by atoms with Crippen molar-refractivity contribution in [3.8, 4) is 5.75 Å². The second-order valence-electron chi connectivity index (χ2n) is 6.03. The third-order valence-corrected chi connectivity index (χ3v) is 4.54. The Bertz CT molecular complexity index is 816. The minimum absolute atomic E-state index is 0.0786. The van der Waals surface area contributed by atoms with Gasteiger partial charge in [-0.2, -0.15) is 0 Å². The van der Waals surface area contributed by atoms with E-state index < -0.39 is 15.9 Å². The number of carbonyl (C=O) groups excluding carboxylic acids is 1. The second-order valence-corrected chi connectivity index (χ2v) is 7.78. The zero-order valence-electron chi connectivity index (χ0n) is 13.3. The van der Waals surface area contributed by atoms with E-state index in [0.29, 0.717) is 13.0 Å². The highest BCUT2D eigenvalue weighted by Crippen LogP contribution is 2.47. The SMILES string of the molecule is CS(=O)(=O)NC(=O)C1CC1c1ccc(OCc2ccccc2)cc1. The predicted molar refractivity (Wildman–Crippen MR) is 91.1 cm³/mol. The molecule has 2 aromatic rings. The monoisotopic (exact) mass is 345 g/mol. The zero-order chi connectivity index (χ0) is 17.2. The Morgan fingerprint density at radius 3 is 2.42 bits per heavy atom. The number of benzene rings is 2. The first-order valence-electron chi connectivity index (χ1n) is 7.71. The maximum atomic E-state index is 11.8. The molecule has 2 aromatic carbocycles. The van der Waals surface area contributed by atoms with Gasteiger partial charge in [-0.25, -0.2) is 8.42 Å². The molecule has 1 amide bonds. The van der Waals surface area contributed by atoms with Gasteiger partial charge in [0.2, 0.25) is 15.9 Å². The Labute approximate surface area is 141 Å². The lowest BCUT2D eigenvalue weighted by molar-refractivity contribution is -0.120. The molecule has 126 valence electrons. The van der Waals surface area contributed by atoms with Gasteiger partial charge in [-0.05, 0) is 35.6 Å². The van der Waals surface area contributed by atoms with Gasteiger partial charge in [0, 0.05) is 5.92 Å². The fourth-order valence-corrected chi connectivity index (χ4v) is 3.18. The largest absolute Gasteiger partial charge is 0.489 e. The van der Waals surface area contributed by atoms with Crippen molar-refractivity contribution in [1.29, 1.82) is 0 Å². The molecule has 1 aliphatic carbocycles. The molecule has 1 saturated carbocycles. The van der Waals surface area contributed by atoms with Crippen LogP contribution in [-0.2, 0) is 21.4 Å². The van der Waals surface area contributed by atoms with Gasteiger partial charge in [0.15, 0.2) is 0 Å². The van der Waals surface area contributed by atoms with E-state index >= 15 is 0 Å². The summed E-state index contributed by atoms with van der Waals surface area (Å²) in [5.74, 6) is 0.151. The molecule has 1 N–H and O–H groups in total. The van der Waals surface area contributed by atoms with E-state index in [2.05, 4.69) is 0 Å². The van der Waals surface area contributed by atoms with Crippen LogP contribution < -0.4 is 9.46 Å². The lowest BCUT2D eigenvalue weighted by atomic mass is 10.1. The highest BCUT2D eigenvalue weighted by atomic mass is 32.2. The normalized spacial score (nSPS) is 19.5. The van der Waals surface area contributed by atoms with Crippen LogP contribution in [0.1, 0.15) is 23.5 Å². The highest BCUT2D eigenvalue weighted by Gasteiger charge is 2.44. The van der Waals surface area contributed by atoms with Crippen LogP contribution in [0.15, 0.2) is 54.6 Å². The van der Waals surface area contributed by atoms with Crippen molar-refractivity contribution in [2.24, 2.45) is 5.92 Å². The molecule has 0 spiro atoms. The summed E-state index contributed by atoms with van der Waals surface area (Å²) in [7, 11) is -3.49. The summed E-state index contributed by atoms with van der Waals surface area (Å²) < 4.78 is 30.0. The fraction of sp³-hybridized carbons (Fsp3) is 0.278. The minimum atomic E-state index is -3.49. The van der Waals surface area contributed by atoms with Gasteiger partial charge < -0.3 is 4.74 Å². The van der Waals surface area contributed by atoms with Crippen molar-refractivity contribution in [3.05, 3.63) is 65.7 Å². The van der Waals surface area contributed by atoms with Gasteiger partial charge in [-0.3, -0.25) is 9.52 Å². The van der Waals surface area contributed by atoms with Crippen molar-refractivity contribution in [3.63, 3.8) is 0 Å². The fourth-order valence-electron chi connectivity index (χ4n) is 2.66. The van der Waals surface area contributed by atoms with Crippen LogP contribution in [0.2, 0.25) is 0 Å². The molecule has 2 atom stereocenters. The average Bonchev–Trinajstić information content (AvgIpc) is 3.34. The maximum absolute atomic E-state index is 11.8. The number of amides is 1. The van der Waals surface area contributed by atoms with E-state index in [1.807, 2.05) is 59.3 Å². The molecule has 5 nitrogen and oxygen atoms in total. The van der Waals surface area contributed by atoms with E-state index in [-0.39, 0.29) is 11.8 Å². The molecule has 2 unspecified atom stereocenters. The van der Waals surface area contributed by atoms with Gasteiger partial charge in [0.05, 0.1) is 6.26 Å². The van der Waals surface area contributed by atoms with Crippen molar-refractivity contribution in [2.75, 3.05) is 6.26 Å². The zero-order valence-corrected chi connectivity index (χ0v) is 14.1. The van der Waals surface area contributed by atoms with Gasteiger partial charge in [-0.15, -0.1) is 0 Å². The second kappa shape index (κ2) is 6.65. The molecule has 0 radical (unpaired) electrons. The third-order valence-electron chi connectivity index (χ3n) is 3.97. The van der Waals surface area contributed by atoms with Crippen molar-refractivity contribution in [2.45, 2.75) is 18.9 Å². The Hall–Kier alpha value is -2.34. The van der Waals surface area contributed by atoms with Crippen LogP contribution in [0.4, 0.5) is 0 Å². The van der Waals surface area contributed by atoms with Crippen molar-refractivity contribution < 1.29 is 17.9 Å². The Morgan fingerprint density at radius 2 is 1.79 bits per heavy atom. The molecule has 6 heteroatoms. The summed E-state index contributed by atoms with van der Waals surface area (Å²) in [4.78, 5) is 11.8. The molecular formula is C18H19NO4S. The van der Waals surface area contributed by atoms with Gasteiger partial charge in [0.25, 0.3) is 0 Å². The number of rotatable bonds is 6. The van der Waals surface area contributed by atoms with Crippen LogP contribution in [0.25, 0.3) is 0 Å². The third kappa shape index (κ3) is 4.35. The van der Waals surface area contributed by atoms with Gasteiger partial charge in [0.1, 0.15) is 12.4 Å². The summed E-state index contributed by atoms with van der Waals surface area (Å²) in [6.45, 7) is 0.503. The number of sulfonamides is 1. The van der Waals surface area contributed by atoms with E-state index in [1.54, 1.807) is 0 Å². The van der Waals surface area contributed by atoms with Crippen molar-refractivity contribution >= 4 is 15.9 Å². The molecule has 0 aliphatic heterocycles. The standard InChI is InChI=1S/C18H19NO4S/c1-24(21,22)19-18(20)17-11-16(17)14-7-9-15(10-8-14)23-12-13-5-3-2-4-6-13/h2-10,16-17H,11-12H2,1H3,(H,19,20). The minimum Gasteiger partial charge on any atom is -0.489 e. The van der Waals surface area contributed by atoms with Crippen molar-refractivity contribution in [1.82, 2.24) is 4.72 Å². The lowest BCUT2D eigenvalue weighted by Crippen LogP contribution is -2.30. The Morgan fingerprint density at radius 1 is 1.12 bits per heavy atom. The molecule has 0 bridgehead atoms. The first-order valence-corrected chi connectivity index (χ1v) is 9.60. The summed E-state index contributed by atoms with van der Waals surface area (Å²) in [5.41, 5.74) is 2.12. The van der Waals surface area contributed by atoms with Gasteiger partial charge >= 0.3 is 0 Å². The molecular weight excluding hydrogens is 326 g/mol. The number of nitrogens with one attached hydrogen (secondary N) is 1. The van der Waals surface area contributed by atoms with Crippen LogP contribution in [0.3, 0.4) is 0 Å². The highest BCUT2D eigenvalue weighted by molar-refractivity contribution is 7.89. The van der Waals surface area contributed by atoms with E-state index in [0.717, 1.165) is 23.1 Å². The maximum Gasteiger partial charge on any atom is 0.237 e. The van der Waals surface area contributed by atoms with E-state index in [9.17, 15) is 13.2 Å². The number of hydrogen-bond donors (Lipinski definition) is 1. The quantitative estimate of drug-likeness (QED) is 0.873. The summed E-state index contributed by atoms with van der Waals surface area (Å²) >= 11 is 0. The predicted octanol–water partition coefficient (Wildman–Crippen LogP) is 2.44. The summed E-state index contributed by atoms with van der Waals surface area (Å²) in [6.07, 6.45) is 1.66. The summed E-state index contributed by atoms with van der Waals surface area (Å²) in [5, 5.41) is 0. The molecule has 1 fully saturated rings. The van der Waals surface area contributed by atoms with Crippen LogP contribution in [0, 0.1) is 5.92 Å². The topological polar surface area (TPSA) is 72.5 Å². The van der Waals surface area contributed by atoms with Crippen LogP contribution in [-0.4, -0.2) is 20.6 Å². The molecule has 24 heavy (non-hydrogen) atoms. The van der Waals surface area contributed by atoms with Crippen LogP contribution in [0.5, 0.6) is 5.75 Å². The summed E-state index contributed by atoms with van der Waals surface area (Å²) in [6, 6.07) is 17.5. The number of carbonyl (C=O) groups is 1. The molecule has 0 aromatic heterocycles. The van der Waals surface area contributed by atoms with Gasteiger partial charge in [-0.1, -0.05) is 42.5 Å². The number of ether oxygens (including phenoxy) is 1. The Balaban J connectivity index is 1.55.